The average Bonchev–Trinajstić information content (AvgIpc) is 3.78. The van der Waals surface area contributed by atoms with Gasteiger partial charge in [0.15, 0.2) is 0 Å². The third-order valence-electron chi connectivity index (χ3n) is 10.00. The normalized spacial score (nSPS) is 11.8. The summed E-state index contributed by atoms with van der Waals surface area (Å²) < 4.78 is 13.0. The Hall–Kier alpha value is -5.25. The Labute approximate surface area is 345 Å². The van der Waals surface area contributed by atoms with Gasteiger partial charge in [0, 0.05) is 56.7 Å². The molecule has 286 valence electrons. The maximum absolute atomic E-state index is 6.69. The van der Waals surface area contributed by atoms with E-state index in [1.54, 1.807) is 0 Å². The van der Waals surface area contributed by atoms with Gasteiger partial charge < -0.3 is 13.9 Å². The fraction of sp³-hybridized carbons (Fsp3) is 0.240. The molecule has 5 aromatic carbocycles. The molecule has 0 aliphatic rings. The molecule has 0 amide bonds. The number of fused-ring (bicyclic) bond motifs is 3. The van der Waals surface area contributed by atoms with Crippen molar-refractivity contribution in [2.24, 2.45) is 11.8 Å². The molecule has 8 aromatic rings. The number of pyridine rings is 1. The van der Waals surface area contributed by atoms with E-state index in [-0.39, 0.29) is 26.5 Å². The summed E-state index contributed by atoms with van der Waals surface area (Å²) in [6.07, 6.45) is 11.7. The molecule has 3 heterocycles. The largest absolute Gasteiger partial charge is 0.510 e. The van der Waals surface area contributed by atoms with Crippen LogP contribution in [0.15, 0.2) is 128 Å². The molecule has 0 aliphatic carbocycles. The van der Waals surface area contributed by atoms with Crippen molar-refractivity contribution in [1.29, 1.82) is 0 Å². The van der Waals surface area contributed by atoms with Crippen LogP contribution in [0.25, 0.3) is 50.1 Å². The molecule has 0 saturated heterocycles. The van der Waals surface area contributed by atoms with Crippen molar-refractivity contribution in [3.63, 3.8) is 0 Å². The second kappa shape index (κ2) is 16.1. The molecule has 8 rings (SSSR count). The first-order chi connectivity index (χ1) is 26.5. The molecular weight excluding hydrogens is 868 g/mol. The van der Waals surface area contributed by atoms with E-state index in [0.29, 0.717) is 23.3 Å². The Bertz CT molecular complexity index is 2600. The number of para-hydroxylation sites is 1. The molecule has 0 atom stereocenters. The topological polar surface area (TPSA) is 35.9 Å². The summed E-state index contributed by atoms with van der Waals surface area (Å²) in [5, 5.41) is 2.24. The van der Waals surface area contributed by atoms with Gasteiger partial charge in [0.05, 0.1) is 5.69 Å². The van der Waals surface area contributed by atoms with E-state index in [4.69, 9.17) is 9.72 Å². The second-order valence-corrected chi connectivity index (χ2v) is 16.5. The number of ether oxygens (including phenoxy) is 1. The van der Waals surface area contributed by atoms with Gasteiger partial charge in [0.2, 0.25) is 0 Å². The third-order valence-corrected chi connectivity index (χ3v) is 10.00. The summed E-state index contributed by atoms with van der Waals surface area (Å²) in [5.74, 6) is 3.20. The first kappa shape index (κ1) is 39.0. The van der Waals surface area contributed by atoms with E-state index in [1.165, 1.54) is 16.7 Å². The van der Waals surface area contributed by atoms with Crippen LogP contribution in [0, 0.1) is 30.3 Å². The Morgan fingerprint density at radius 2 is 1.43 bits per heavy atom. The quantitative estimate of drug-likeness (QED) is 0.101. The van der Waals surface area contributed by atoms with E-state index in [2.05, 4.69) is 173 Å². The van der Waals surface area contributed by atoms with Crippen LogP contribution < -0.4 is 9.30 Å². The van der Waals surface area contributed by atoms with Crippen molar-refractivity contribution in [3.8, 4) is 39.8 Å². The van der Waals surface area contributed by atoms with Crippen LogP contribution in [0.2, 0.25) is 0 Å². The molecule has 5 nitrogen and oxygen atoms in total. The smallest absolute Gasteiger partial charge is 0.267 e. The first-order valence-electron chi connectivity index (χ1n) is 19.4. The number of rotatable bonds is 10. The molecule has 0 fully saturated rings. The SMILES string of the molecule is CC(C)Cc1cc(CC(C)C)cc(-[n+]2[c-]n(-c3[c-]c(Oc4[c-]c5c(cc4)c4ccccc4n5-c4cc(C(C)(C)C)ccn4)cc(-c4ccccc4)c3)cc2)c1.[Pt]. The molecule has 56 heavy (non-hydrogen) atoms. The second-order valence-electron chi connectivity index (χ2n) is 16.5. The fourth-order valence-electron chi connectivity index (χ4n) is 7.46. The predicted octanol–water partition coefficient (Wildman–Crippen LogP) is 11.8. The van der Waals surface area contributed by atoms with Gasteiger partial charge in [-0.3, -0.25) is 4.57 Å². The molecule has 0 spiro atoms. The van der Waals surface area contributed by atoms with Crippen molar-refractivity contribution in [2.45, 2.75) is 66.7 Å². The predicted molar refractivity (Wildman–Crippen MR) is 224 cm³/mol. The van der Waals surface area contributed by atoms with Crippen LogP contribution in [0.4, 0.5) is 0 Å². The van der Waals surface area contributed by atoms with Gasteiger partial charge in [0.25, 0.3) is 6.33 Å². The summed E-state index contributed by atoms with van der Waals surface area (Å²) in [7, 11) is 0. The molecule has 0 unspecified atom stereocenters. The van der Waals surface area contributed by atoms with Gasteiger partial charge in [-0.2, -0.15) is 12.1 Å². The molecule has 0 aliphatic heterocycles. The van der Waals surface area contributed by atoms with Gasteiger partial charge >= 0.3 is 0 Å². The van der Waals surface area contributed by atoms with Crippen LogP contribution in [-0.4, -0.2) is 14.1 Å². The number of aromatic nitrogens is 4. The van der Waals surface area contributed by atoms with Gasteiger partial charge in [-0.1, -0.05) is 120 Å². The zero-order valence-electron chi connectivity index (χ0n) is 33.2. The van der Waals surface area contributed by atoms with Gasteiger partial charge in [0.1, 0.15) is 5.82 Å². The van der Waals surface area contributed by atoms with E-state index in [1.807, 2.05) is 35.2 Å². The number of imidazole rings is 1. The first-order valence-corrected chi connectivity index (χ1v) is 19.4. The van der Waals surface area contributed by atoms with E-state index in [9.17, 15) is 0 Å². The number of hydrogen-bond donors (Lipinski definition) is 0. The number of hydrogen-bond acceptors (Lipinski definition) is 2. The maximum atomic E-state index is 6.69. The minimum absolute atomic E-state index is 0. The summed E-state index contributed by atoms with van der Waals surface area (Å²) in [6, 6.07) is 45.6. The summed E-state index contributed by atoms with van der Waals surface area (Å²) in [6.45, 7) is 15.8. The minimum Gasteiger partial charge on any atom is -0.510 e. The Kier molecular flexibility index (Phi) is 11.2. The van der Waals surface area contributed by atoms with E-state index in [0.717, 1.165) is 63.0 Å². The average molecular weight is 916 g/mol. The van der Waals surface area contributed by atoms with Crippen molar-refractivity contribution in [3.05, 3.63) is 163 Å². The Morgan fingerprint density at radius 3 is 2.14 bits per heavy atom. The molecule has 3 aromatic heterocycles. The van der Waals surface area contributed by atoms with Gasteiger partial charge in [-0.05, 0) is 82.6 Å². The zero-order valence-corrected chi connectivity index (χ0v) is 35.5. The minimum atomic E-state index is -0.0172. The Morgan fingerprint density at radius 1 is 0.714 bits per heavy atom. The van der Waals surface area contributed by atoms with Crippen LogP contribution in [0.5, 0.6) is 11.5 Å². The fourth-order valence-corrected chi connectivity index (χ4v) is 7.46. The summed E-state index contributed by atoms with van der Waals surface area (Å²) >= 11 is 0. The standard InChI is InChI=1S/C50H48N4O.Pt/c1-34(2)23-36-25-37(24-35(3)4)27-41(26-36)52-21-22-53(33-52)42-28-39(38-13-9-8-10-14-38)29-44(31-42)55-43-17-18-46-45-15-11-12-16-47(45)54(48(46)32-43)49-30-40(19-20-51-49)50(5,6)7;/h8-22,25-30,34-35H,23-24H2,1-7H3;/q-2;. The van der Waals surface area contributed by atoms with Crippen molar-refractivity contribution in [2.75, 3.05) is 0 Å². The Balaban J connectivity index is 0.00000480. The van der Waals surface area contributed by atoms with Crippen molar-refractivity contribution < 1.29 is 30.4 Å². The van der Waals surface area contributed by atoms with Crippen molar-refractivity contribution in [1.82, 2.24) is 14.1 Å². The van der Waals surface area contributed by atoms with Crippen molar-refractivity contribution >= 4 is 21.8 Å². The van der Waals surface area contributed by atoms with Gasteiger partial charge in [-0.15, -0.1) is 35.2 Å². The summed E-state index contributed by atoms with van der Waals surface area (Å²) in [5.41, 5.74) is 9.96. The number of benzene rings is 5. The monoisotopic (exact) mass is 915 g/mol. The van der Waals surface area contributed by atoms with E-state index < -0.39 is 0 Å². The zero-order chi connectivity index (χ0) is 38.3. The molecule has 0 radical (unpaired) electrons. The van der Waals surface area contributed by atoms with Crippen LogP contribution in [0.3, 0.4) is 0 Å². The maximum Gasteiger partial charge on any atom is 0.267 e. The van der Waals surface area contributed by atoms with Crippen LogP contribution >= 0.6 is 0 Å². The van der Waals surface area contributed by atoms with Crippen LogP contribution in [-0.2, 0) is 39.3 Å². The number of nitrogens with zero attached hydrogens (tertiary/aromatic N) is 4. The van der Waals surface area contributed by atoms with E-state index >= 15 is 0 Å². The molecule has 0 bridgehead atoms. The molecule has 0 N–H and O–H groups in total. The molecule has 6 heteroatoms. The third kappa shape index (κ3) is 8.30. The van der Waals surface area contributed by atoms with Crippen LogP contribution in [0.1, 0.15) is 65.2 Å². The van der Waals surface area contributed by atoms with Gasteiger partial charge in [-0.25, -0.2) is 4.98 Å². The summed E-state index contributed by atoms with van der Waals surface area (Å²) in [4.78, 5) is 4.85. The molecular formula is C50H48N4OPt-2. The molecule has 0 saturated carbocycles.